The summed E-state index contributed by atoms with van der Waals surface area (Å²) >= 11 is 12.1. The van der Waals surface area contributed by atoms with Gasteiger partial charge in [-0.05, 0) is 19.1 Å². The summed E-state index contributed by atoms with van der Waals surface area (Å²) in [5.41, 5.74) is 0.996. The molecule has 19 heavy (non-hydrogen) atoms. The van der Waals surface area contributed by atoms with E-state index in [4.69, 9.17) is 33.0 Å². The number of halogens is 2. The van der Waals surface area contributed by atoms with E-state index in [1.54, 1.807) is 20.1 Å². The average Bonchev–Trinajstić information content (AvgIpc) is 2.32. The van der Waals surface area contributed by atoms with Gasteiger partial charge >= 0.3 is 0 Å². The van der Waals surface area contributed by atoms with E-state index in [-0.39, 0.29) is 6.10 Å². The van der Waals surface area contributed by atoms with Gasteiger partial charge in [0.25, 0.3) is 0 Å². The molecule has 0 saturated heterocycles. The molecule has 0 heterocycles. The quantitative estimate of drug-likeness (QED) is 0.593. The van der Waals surface area contributed by atoms with Crippen LogP contribution in [0.25, 0.3) is 0 Å². The molecule has 0 aliphatic heterocycles. The number of aliphatic hydroxyl groups is 1. The molecule has 4 nitrogen and oxygen atoms in total. The predicted molar refractivity (Wildman–Crippen MR) is 76.9 cm³/mol. The minimum absolute atomic E-state index is 0.258. The predicted octanol–water partition coefficient (Wildman–Crippen LogP) is 0.00960. The van der Waals surface area contributed by atoms with E-state index >= 15 is 0 Å². The van der Waals surface area contributed by atoms with Crippen LogP contribution >= 0.6 is 23.2 Å². The van der Waals surface area contributed by atoms with E-state index in [0.29, 0.717) is 15.8 Å². The highest BCUT2D eigenvalue weighted by molar-refractivity contribution is 6.35. The molecule has 0 radical (unpaired) electrons. The van der Waals surface area contributed by atoms with Crippen LogP contribution in [0.2, 0.25) is 10.0 Å². The fourth-order valence-electron chi connectivity index (χ4n) is 1.85. The first-order valence-electron chi connectivity index (χ1n) is 6.38. The van der Waals surface area contributed by atoms with Gasteiger partial charge in [0.1, 0.15) is 31.9 Å². The molecule has 108 valence electrons. The zero-order chi connectivity index (χ0) is 14.3. The van der Waals surface area contributed by atoms with E-state index in [9.17, 15) is 0 Å². The topological polar surface area (TPSA) is 62.7 Å². The van der Waals surface area contributed by atoms with Gasteiger partial charge in [-0.15, -0.1) is 0 Å². The maximum absolute atomic E-state index is 9.13. The van der Waals surface area contributed by atoms with Crippen molar-refractivity contribution in [3.63, 3.8) is 0 Å². The average molecular weight is 309 g/mol. The van der Waals surface area contributed by atoms with Crippen molar-refractivity contribution in [1.29, 1.82) is 0 Å². The zero-order valence-corrected chi connectivity index (χ0v) is 12.8. The van der Waals surface area contributed by atoms with Gasteiger partial charge in [0, 0.05) is 5.02 Å². The zero-order valence-electron chi connectivity index (χ0n) is 11.3. The van der Waals surface area contributed by atoms with Crippen LogP contribution in [0.3, 0.4) is 0 Å². The van der Waals surface area contributed by atoms with E-state index < -0.39 is 0 Å². The Bertz CT molecular complexity index is 400. The number of rotatable bonds is 8. The minimum Gasteiger partial charge on any atom is -0.495 e. The van der Waals surface area contributed by atoms with Crippen LogP contribution in [0.5, 0.6) is 5.75 Å². The third kappa shape index (κ3) is 5.97. The lowest BCUT2D eigenvalue weighted by Crippen LogP contribution is -2.95. The summed E-state index contributed by atoms with van der Waals surface area (Å²) in [7, 11) is 1.61. The molecule has 0 unspecified atom stereocenters. The van der Waals surface area contributed by atoms with Crippen LogP contribution in [0.4, 0.5) is 0 Å². The van der Waals surface area contributed by atoms with Crippen molar-refractivity contribution in [2.45, 2.75) is 19.6 Å². The van der Waals surface area contributed by atoms with Crippen LogP contribution in [-0.4, -0.2) is 38.0 Å². The van der Waals surface area contributed by atoms with Gasteiger partial charge in [-0.25, -0.2) is 0 Å². The highest BCUT2D eigenvalue weighted by Gasteiger charge is 2.11. The third-order valence-corrected chi connectivity index (χ3v) is 3.24. The Morgan fingerprint density at radius 2 is 1.95 bits per heavy atom. The molecule has 5 N–H and O–H groups in total. The van der Waals surface area contributed by atoms with Crippen molar-refractivity contribution in [1.82, 2.24) is 0 Å². The molecule has 0 aromatic heterocycles. The van der Waals surface area contributed by atoms with E-state index in [2.05, 4.69) is 10.6 Å². The van der Waals surface area contributed by atoms with Gasteiger partial charge < -0.3 is 20.5 Å². The molecule has 0 aliphatic rings. The Hall–Kier alpha value is -0.520. The first-order valence-corrected chi connectivity index (χ1v) is 7.13. The number of methoxy groups -OCH3 is 1. The van der Waals surface area contributed by atoms with E-state index in [1.165, 1.54) is 0 Å². The molecule has 0 aliphatic carbocycles. The summed E-state index contributed by atoms with van der Waals surface area (Å²) in [4.78, 5) is 0. The summed E-state index contributed by atoms with van der Waals surface area (Å²) in [5.74, 6) is 0.690. The second-order valence-corrected chi connectivity index (χ2v) is 5.37. The highest BCUT2D eigenvalue weighted by Crippen LogP contribution is 2.31. The molecule has 0 spiro atoms. The van der Waals surface area contributed by atoms with Crippen molar-refractivity contribution >= 4 is 23.2 Å². The Balaban J connectivity index is 2.40. The summed E-state index contributed by atoms with van der Waals surface area (Å²) in [5, 5.41) is 14.6. The summed E-state index contributed by atoms with van der Waals surface area (Å²) in [6, 6.07) is 3.56. The Labute approximate surface area is 124 Å². The number of hydrogen-bond donors (Lipinski definition) is 3. The molecule has 1 rings (SSSR count). The van der Waals surface area contributed by atoms with Gasteiger partial charge in [0.2, 0.25) is 0 Å². The molecular formula is C13H22Cl2N2O2+2. The number of ether oxygens (including phenoxy) is 1. The molecule has 0 fully saturated rings. The van der Waals surface area contributed by atoms with Crippen molar-refractivity contribution < 1.29 is 20.5 Å². The van der Waals surface area contributed by atoms with Gasteiger partial charge in [0.15, 0.2) is 0 Å². The lowest BCUT2D eigenvalue weighted by atomic mass is 10.2. The van der Waals surface area contributed by atoms with Crippen molar-refractivity contribution in [3.8, 4) is 5.75 Å². The molecule has 1 aromatic carbocycles. The highest BCUT2D eigenvalue weighted by atomic mass is 35.5. The van der Waals surface area contributed by atoms with Crippen LogP contribution in [0.1, 0.15) is 12.5 Å². The van der Waals surface area contributed by atoms with E-state index in [1.807, 2.05) is 6.07 Å². The van der Waals surface area contributed by atoms with Gasteiger partial charge in [-0.1, -0.05) is 23.2 Å². The summed E-state index contributed by atoms with van der Waals surface area (Å²) in [6.45, 7) is 5.21. The van der Waals surface area contributed by atoms with Crippen LogP contribution in [0, 0.1) is 0 Å². The van der Waals surface area contributed by atoms with Crippen LogP contribution in [0.15, 0.2) is 12.1 Å². The van der Waals surface area contributed by atoms with Crippen molar-refractivity contribution in [2.75, 3.05) is 26.7 Å². The van der Waals surface area contributed by atoms with Gasteiger partial charge in [-0.3, -0.25) is 0 Å². The lowest BCUT2D eigenvalue weighted by Gasteiger charge is -2.10. The SMILES string of the molecule is COc1c(Cl)cc(Cl)cc1C[NH2+]CC[NH2+]C[C@H](C)O. The number of aliphatic hydroxyl groups excluding tert-OH is 1. The number of hydrogen-bond acceptors (Lipinski definition) is 2. The Morgan fingerprint density at radius 1 is 1.26 bits per heavy atom. The van der Waals surface area contributed by atoms with Crippen LogP contribution in [-0.2, 0) is 6.54 Å². The molecule has 0 bridgehead atoms. The molecule has 0 amide bonds. The maximum Gasteiger partial charge on any atom is 0.146 e. The first kappa shape index (κ1) is 16.5. The van der Waals surface area contributed by atoms with Crippen LogP contribution < -0.4 is 15.4 Å². The molecule has 1 aromatic rings. The largest absolute Gasteiger partial charge is 0.495 e. The second kappa shape index (κ2) is 8.61. The van der Waals surface area contributed by atoms with E-state index in [0.717, 1.165) is 31.7 Å². The molecule has 6 heteroatoms. The molecular weight excluding hydrogens is 287 g/mol. The third-order valence-electron chi connectivity index (χ3n) is 2.74. The Kier molecular flexibility index (Phi) is 7.49. The fraction of sp³-hybridized carbons (Fsp3) is 0.538. The standard InChI is InChI=1S/C13H20Cl2N2O2/c1-9(18)7-16-3-4-17-8-10-5-11(14)6-12(15)13(10)19-2/h5-6,9,16-18H,3-4,7-8H2,1-2H3/p+2/t9-/m0/s1. The monoisotopic (exact) mass is 308 g/mol. The summed E-state index contributed by atoms with van der Waals surface area (Å²) < 4.78 is 5.29. The van der Waals surface area contributed by atoms with Gasteiger partial charge in [0.05, 0.1) is 23.8 Å². The lowest BCUT2D eigenvalue weighted by molar-refractivity contribution is -0.733. The summed E-state index contributed by atoms with van der Waals surface area (Å²) in [6.07, 6.45) is -0.258. The van der Waals surface area contributed by atoms with Crippen molar-refractivity contribution in [2.24, 2.45) is 0 Å². The first-order chi connectivity index (χ1) is 9.04. The minimum atomic E-state index is -0.258. The maximum atomic E-state index is 9.13. The number of benzene rings is 1. The normalized spacial score (nSPS) is 12.5. The fourth-order valence-corrected chi connectivity index (χ4v) is 2.46. The van der Waals surface area contributed by atoms with Gasteiger partial charge in [-0.2, -0.15) is 0 Å². The van der Waals surface area contributed by atoms with Crippen molar-refractivity contribution in [3.05, 3.63) is 27.7 Å². The Morgan fingerprint density at radius 3 is 2.58 bits per heavy atom. The second-order valence-electron chi connectivity index (χ2n) is 4.52. The molecule has 1 atom stereocenters. The smallest absolute Gasteiger partial charge is 0.146 e. The molecule has 0 saturated carbocycles. The number of nitrogens with two attached hydrogens (primary N) is 2. The number of quaternary nitrogens is 2.